The summed E-state index contributed by atoms with van der Waals surface area (Å²) < 4.78 is 61.2. The summed E-state index contributed by atoms with van der Waals surface area (Å²) in [5, 5.41) is 0. The number of hydrogen-bond donors (Lipinski definition) is 0. The highest BCUT2D eigenvalue weighted by molar-refractivity contribution is 6.00. The Morgan fingerprint density at radius 3 is 2.41 bits per heavy atom. The number of aromatic nitrogens is 1. The summed E-state index contributed by atoms with van der Waals surface area (Å²) in [5.41, 5.74) is 2.62. The SMILES string of the molecule is COc1ccc(CCC2OC(=O)N(CCCN3CCN(c4ccc(C(F)(F)F)cc4)CC3)C2=O)cc1OCc1coc(/C=C/c2ccccc2)n1. The van der Waals surface area contributed by atoms with E-state index in [0.29, 0.717) is 62.0 Å². The summed E-state index contributed by atoms with van der Waals surface area (Å²) in [6.45, 7) is 3.87. The molecule has 3 heterocycles. The number of methoxy groups -OCH3 is 1. The molecule has 0 bridgehead atoms. The fourth-order valence-electron chi connectivity index (χ4n) is 6.06. The number of imide groups is 1. The Kier molecular flexibility index (Phi) is 11.2. The van der Waals surface area contributed by atoms with Crippen molar-refractivity contribution in [2.45, 2.75) is 38.1 Å². The van der Waals surface area contributed by atoms with Gasteiger partial charge in [0.25, 0.3) is 5.91 Å². The fraction of sp³-hybridized carbons (Fsp3) is 0.342. The predicted octanol–water partition coefficient (Wildman–Crippen LogP) is 6.94. The highest BCUT2D eigenvalue weighted by Gasteiger charge is 2.40. The molecule has 0 N–H and O–H groups in total. The molecule has 1 atom stereocenters. The van der Waals surface area contributed by atoms with Crippen molar-refractivity contribution in [3.63, 3.8) is 0 Å². The number of carbonyl (C=O) groups is 2. The lowest BCUT2D eigenvalue weighted by molar-refractivity contribution is -0.137. The van der Waals surface area contributed by atoms with E-state index in [2.05, 4.69) is 14.8 Å². The molecule has 6 rings (SSSR count). The second-order valence-electron chi connectivity index (χ2n) is 12.3. The van der Waals surface area contributed by atoms with E-state index in [1.165, 1.54) is 17.0 Å². The van der Waals surface area contributed by atoms with Gasteiger partial charge in [0.1, 0.15) is 18.6 Å². The van der Waals surface area contributed by atoms with Gasteiger partial charge in [-0.25, -0.2) is 14.7 Å². The lowest BCUT2D eigenvalue weighted by Crippen LogP contribution is -2.47. The first-order chi connectivity index (χ1) is 24.7. The van der Waals surface area contributed by atoms with Crippen LogP contribution < -0.4 is 14.4 Å². The van der Waals surface area contributed by atoms with Gasteiger partial charge in [-0.1, -0.05) is 36.4 Å². The molecule has 3 aromatic carbocycles. The average Bonchev–Trinajstić information content (AvgIpc) is 3.71. The minimum Gasteiger partial charge on any atom is -0.493 e. The predicted molar refractivity (Wildman–Crippen MR) is 184 cm³/mol. The third-order valence-corrected chi connectivity index (χ3v) is 8.88. The van der Waals surface area contributed by atoms with Gasteiger partial charge in [0, 0.05) is 44.5 Å². The van der Waals surface area contributed by atoms with Crippen LogP contribution in [0.4, 0.5) is 23.7 Å². The summed E-state index contributed by atoms with van der Waals surface area (Å²) in [5.74, 6) is 1.17. The summed E-state index contributed by atoms with van der Waals surface area (Å²) in [4.78, 5) is 35.6. The van der Waals surface area contributed by atoms with Crippen LogP contribution in [-0.4, -0.2) is 79.3 Å². The van der Waals surface area contributed by atoms with E-state index in [9.17, 15) is 22.8 Å². The molecule has 13 heteroatoms. The van der Waals surface area contributed by atoms with Crippen molar-refractivity contribution < 1.29 is 41.4 Å². The standard InChI is InChI=1S/C38H39F3N4O6/c1-48-32-15-8-28(24-34(32)49-25-30-26-50-35(42-30)17-10-27-6-3-2-4-7-27)9-16-33-36(46)45(37(47)51-33)19-5-18-43-20-22-44(23-21-43)31-13-11-29(12-14-31)38(39,40)41/h2-4,6-8,10-15,17,24,26,33H,5,9,16,18-23,25H2,1H3/b17-10+. The van der Waals surface area contributed by atoms with Crippen LogP contribution in [0.15, 0.2) is 83.5 Å². The number of alkyl halides is 3. The first kappa shape index (κ1) is 35.5. The molecule has 51 heavy (non-hydrogen) atoms. The lowest BCUT2D eigenvalue weighted by atomic mass is 10.1. The monoisotopic (exact) mass is 704 g/mol. The van der Waals surface area contributed by atoms with Crippen LogP contribution in [0.5, 0.6) is 11.5 Å². The van der Waals surface area contributed by atoms with Gasteiger partial charge in [-0.05, 0) is 79.4 Å². The van der Waals surface area contributed by atoms with Crippen LogP contribution in [0.3, 0.4) is 0 Å². The number of benzene rings is 3. The van der Waals surface area contributed by atoms with E-state index >= 15 is 0 Å². The maximum absolute atomic E-state index is 13.1. The van der Waals surface area contributed by atoms with Crippen LogP contribution in [-0.2, 0) is 28.7 Å². The Balaban J connectivity index is 0.935. The van der Waals surface area contributed by atoms with Crippen molar-refractivity contribution in [2.75, 3.05) is 51.3 Å². The van der Waals surface area contributed by atoms with Gasteiger partial charge in [0.05, 0.1) is 12.7 Å². The third kappa shape index (κ3) is 9.28. The van der Waals surface area contributed by atoms with E-state index in [0.717, 1.165) is 42.0 Å². The second-order valence-corrected chi connectivity index (χ2v) is 12.3. The Labute approximate surface area is 294 Å². The molecule has 0 radical (unpaired) electrons. The molecule has 2 aliphatic heterocycles. The number of nitrogens with zero attached hydrogens (tertiary/aromatic N) is 4. The third-order valence-electron chi connectivity index (χ3n) is 8.88. The van der Waals surface area contributed by atoms with E-state index in [1.807, 2.05) is 48.5 Å². The molecule has 2 fully saturated rings. The van der Waals surface area contributed by atoms with E-state index in [1.54, 1.807) is 25.5 Å². The fourth-order valence-corrected chi connectivity index (χ4v) is 6.06. The molecule has 0 aliphatic carbocycles. The van der Waals surface area contributed by atoms with Crippen molar-refractivity contribution in [1.82, 2.24) is 14.8 Å². The molecule has 10 nitrogen and oxygen atoms in total. The van der Waals surface area contributed by atoms with Gasteiger partial charge < -0.3 is 23.5 Å². The first-order valence-corrected chi connectivity index (χ1v) is 16.8. The Morgan fingerprint density at radius 1 is 0.922 bits per heavy atom. The zero-order valence-electron chi connectivity index (χ0n) is 28.2. The number of aryl methyl sites for hydroxylation is 1. The second kappa shape index (κ2) is 16.2. The van der Waals surface area contributed by atoms with Crippen LogP contribution in [0.1, 0.15) is 41.1 Å². The molecule has 1 unspecified atom stereocenters. The van der Waals surface area contributed by atoms with Gasteiger partial charge in [-0.15, -0.1) is 0 Å². The Hall–Kier alpha value is -5.30. The largest absolute Gasteiger partial charge is 0.493 e. The summed E-state index contributed by atoms with van der Waals surface area (Å²) in [7, 11) is 1.55. The summed E-state index contributed by atoms with van der Waals surface area (Å²) in [6.07, 6.45) is 0.758. The van der Waals surface area contributed by atoms with Gasteiger partial charge in [-0.2, -0.15) is 13.2 Å². The minimum atomic E-state index is -4.36. The molecular weight excluding hydrogens is 665 g/mol. The number of hydrogen-bond acceptors (Lipinski definition) is 9. The number of rotatable bonds is 14. The Morgan fingerprint density at radius 2 is 1.69 bits per heavy atom. The number of halogens is 3. The van der Waals surface area contributed by atoms with E-state index < -0.39 is 23.9 Å². The molecule has 268 valence electrons. The van der Waals surface area contributed by atoms with E-state index in [4.69, 9.17) is 18.6 Å². The summed E-state index contributed by atoms with van der Waals surface area (Å²) >= 11 is 0. The van der Waals surface area contributed by atoms with Crippen molar-refractivity contribution in [2.24, 2.45) is 0 Å². The number of cyclic esters (lactones) is 1. The minimum absolute atomic E-state index is 0.158. The van der Waals surface area contributed by atoms with Crippen molar-refractivity contribution >= 4 is 29.8 Å². The molecular formula is C38H39F3N4O6. The van der Waals surface area contributed by atoms with Crippen LogP contribution in [0, 0.1) is 0 Å². The van der Waals surface area contributed by atoms with Gasteiger partial charge in [-0.3, -0.25) is 9.69 Å². The van der Waals surface area contributed by atoms with E-state index in [-0.39, 0.29) is 19.1 Å². The molecule has 1 aromatic heterocycles. The lowest BCUT2D eigenvalue weighted by Gasteiger charge is -2.36. The maximum Gasteiger partial charge on any atom is 0.417 e. The Bertz CT molecular complexity index is 1800. The highest BCUT2D eigenvalue weighted by Crippen LogP contribution is 2.32. The van der Waals surface area contributed by atoms with Crippen LogP contribution in [0.2, 0.25) is 0 Å². The van der Waals surface area contributed by atoms with Crippen molar-refractivity contribution in [1.29, 1.82) is 0 Å². The first-order valence-electron chi connectivity index (χ1n) is 16.8. The molecule has 2 saturated heterocycles. The quantitative estimate of drug-likeness (QED) is 0.138. The maximum atomic E-state index is 13.1. The normalized spacial score (nSPS) is 17.0. The number of oxazole rings is 1. The number of piperazine rings is 1. The number of amides is 2. The molecule has 2 aliphatic rings. The smallest absolute Gasteiger partial charge is 0.417 e. The van der Waals surface area contributed by atoms with Gasteiger partial charge in [0.2, 0.25) is 5.89 Å². The zero-order valence-corrected chi connectivity index (χ0v) is 28.2. The number of ether oxygens (including phenoxy) is 3. The topological polar surface area (TPSA) is 97.6 Å². The van der Waals surface area contributed by atoms with Crippen LogP contribution in [0.25, 0.3) is 12.2 Å². The van der Waals surface area contributed by atoms with Gasteiger partial charge >= 0.3 is 12.3 Å². The van der Waals surface area contributed by atoms with Crippen molar-refractivity contribution in [3.8, 4) is 11.5 Å². The molecule has 4 aromatic rings. The molecule has 2 amide bonds. The van der Waals surface area contributed by atoms with Gasteiger partial charge in [0.15, 0.2) is 17.6 Å². The number of carbonyl (C=O) groups excluding carboxylic acids is 2. The highest BCUT2D eigenvalue weighted by atomic mass is 19.4. The van der Waals surface area contributed by atoms with Crippen LogP contribution >= 0.6 is 0 Å². The average molecular weight is 705 g/mol. The zero-order chi connectivity index (χ0) is 35.8. The number of anilines is 1. The van der Waals surface area contributed by atoms with Crippen molar-refractivity contribution in [3.05, 3.63) is 107 Å². The molecule has 0 saturated carbocycles. The molecule has 0 spiro atoms. The summed E-state index contributed by atoms with van der Waals surface area (Å²) in [6, 6.07) is 20.6.